The quantitative estimate of drug-likeness (QED) is 0.210. The molecule has 8 heteroatoms. The van der Waals surface area contributed by atoms with E-state index in [9.17, 15) is 14.4 Å². The summed E-state index contributed by atoms with van der Waals surface area (Å²) in [6.07, 6.45) is 10.0. The number of carboxylic acid groups (broad SMARTS) is 1. The van der Waals surface area contributed by atoms with Gasteiger partial charge in [-0.25, -0.2) is 4.79 Å². The molecule has 0 aliphatic heterocycles. The van der Waals surface area contributed by atoms with Gasteiger partial charge >= 0.3 is 18.1 Å². The second-order valence-electron chi connectivity index (χ2n) is 9.24. The summed E-state index contributed by atoms with van der Waals surface area (Å²) >= 11 is 0. The zero-order valence-electron chi connectivity index (χ0n) is 22.2. The van der Waals surface area contributed by atoms with Gasteiger partial charge in [0.1, 0.15) is 6.10 Å². The average molecular weight is 516 g/mol. The highest BCUT2D eigenvalue weighted by Crippen LogP contribution is 2.22. The van der Waals surface area contributed by atoms with Gasteiger partial charge in [0.25, 0.3) is 0 Å². The molecule has 8 nitrogen and oxygen atoms in total. The van der Waals surface area contributed by atoms with Crippen LogP contribution in [0.5, 0.6) is 0 Å². The van der Waals surface area contributed by atoms with Crippen LogP contribution in [0.25, 0.3) is 5.57 Å². The third-order valence-corrected chi connectivity index (χ3v) is 6.12. The maximum Gasteiger partial charge on any atom is 0.511 e. The fourth-order valence-electron chi connectivity index (χ4n) is 4.13. The summed E-state index contributed by atoms with van der Waals surface area (Å²) in [6, 6.07) is 8.17. The molecule has 3 unspecified atom stereocenters. The van der Waals surface area contributed by atoms with Crippen molar-refractivity contribution in [3.05, 3.63) is 53.6 Å². The standard InChI is InChI=1S/C29H41NO7/c1-4-9-26(5-2)37-29(34)36-21(3)35-28(33)17-16-25(30-19-18-27(31)32)20-22-12-14-24(15-13-22)23-10-7-6-8-11-23/h7,10-15,21,25-26,30H,4-6,8-9,16-20H2,1-3H3,(H,31,32). The van der Waals surface area contributed by atoms with E-state index in [1.54, 1.807) is 0 Å². The monoisotopic (exact) mass is 515 g/mol. The number of carbonyl (C=O) groups is 3. The van der Waals surface area contributed by atoms with Crippen LogP contribution in [-0.4, -0.2) is 48.2 Å². The van der Waals surface area contributed by atoms with Gasteiger partial charge in [-0.1, -0.05) is 62.8 Å². The van der Waals surface area contributed by atoms with Crippen LogP contribution in [0.15, 0.2) is 42.5 Å². The van der Waals surface area contributed by atoms with Crippen LogP contribution >= 0.6 is 0 Å². The Kier molecular flexibility index (Phi) is 13.5. The zero-order valence-corrected chi connectivity index (χ0v) is 22.2. The molecule has 0 spiro atoms. The van der Waals surface area contributed by atoms with Gasteiger partial charge < -0.3 is 24.6 Å². The lowest BCUT2D eigenvalue weighted by Crippen LogP contribution is -2.34. The molecule has 0 bridgehead atoms. The van der Waals surface area contributed by atoms with Crippen LogP contribution in [0.4, 0.5) is 4.79 Å². The van der Waals surface area contributed by atoms with Crippen molar-refractivity contribution < 1.29 is 33.7 Å². The van der Waals surface area contributed by atoms with E-state index < -0.39 is 24.4 Å². The predicted molar refractivity (Wildman–Crippen MR) is 142 cm³/mol. The van der Waals surface area contributed by atoms with Crippen LogP contribution in [0.1, 0.15) is 83.3 Å². The lowest BCUT2D eigenvalue weighted by atomic mass is 9.96. The van der Waals surface area contributed by atoms with E-state index in [0.717, 1.165) is 36.8 Å². The summed E-state index contributed by atoms with van der Waals surface area (Å²) in [7, 11) is 0. The number of carbonyl (C=O) groups excluding carboxylic acids is 2. The predicted octanol–water partition coefficient (Wildman–Crippen LogP) is 5.80. The van der Waals surface area contributed by atoms with E-state index in [-0.39, 0.29) is 25.0 Å². The topological polar surface area (TPSA) is 111 Å². The van der Waals surface area contributed by atoms with Gasteiger partial charge in [-0.3, -0.25) is 9.59 Å². The van der Waals surface area contributed by atoms with Gasteiger partial charge in [0.2, 0.25) is 6.29 Å². The minimum absolute atomic E-state index is 0.00978. The molecule has 1 aliphatic rings. The van der Waals surface area contributed by atoms with E-state index >= 15 is 0 Å². The highest BCUT2D eigenvalue weighted by molar-refractivity contribution is 5.74. The van der Waals surface area contributed by atoms with Gasteiger partial charge in [-0.15, -0.1) is 0 Å². The van der Waals surface area contributed by atoms with Gasteiger partial charge in [-0.2, -0.15) is 0 Å². The van der Waals surface area contributed by atoms with Crippen molar-refractivity contribution in [1.82, 2.24) is 5.32 Å². The number of carboxylic acids is 1. The van der Waals surface area contributed by atoms with Crippen LogP contribution in [0, 0.1) is 0 Å². The molecule has 2 N–H and O–H groups in total. The number of rotatable bonds is 16. The lowest BCUT2D eigenvalue weighted by molar-refractivity contribution is -0.169. The van der Waals surface area contributed by atoms with Crippen molar-refractivity contribution in [2.75, 3.05) is 6.54 Å². The molecule has 0 fully saturated rings. The molecule has 37 heavy (non-hydrogen) atoms. The van der Waals surface area contributed by atoms with Gasteiger partial charge in [0.05, 0.1) is 6.42 Å². The smallest absolute Gasteiger partial charge is 0.481 e. The molecule has 0 radical (unpaired) electrons. The molecule has 1 aliphatic carbocycles. The first kappa shape index (κ1) is 30.1. The Balaban J connectivity index is 1.86. The number of aliphatic carboxylic acids is 1. The third-order valence-electron chi connectivity index (χ3n) is 6.12. The van der Waals surface area contributed by atoms with Crippen molar-refractivity contribution in [1.29, 1.82) is 0 Å². The number of hydrogen-bond donors (Lipinski definition) is 2. The zero-order chi connectivity index (χ0) is 27.0. The van der Waals surface area contributed by atoms with Crippen molar-refractivity contribution in [2.24, 2.45) is 0 Å². The third kappa shape index (κ3) is 12.1. The Bertz CT molecular complexity index is 923. The number of benzene rings is 1. The van der Waals surface area contributed by atoms with Crippen LogP contribution in [-0.2, 0) is 30.2 Å². The van der Waals surface area contributed by atoms with Crippen molar-refractivity contribution in [3.8, 4) is 0 Å². The second kappa shape index (κ2) is 16.6. The molecule has 0 saturated carbocycles. The summed E-state index contributed by atoms with van der Waals surface area (Å²) in [5.74, 6) is -1.39. The number of esters is 1. The highest BCUT2D eigenvalue weighted by Gasteiger charge is 2.20. The van der Waals surface area contributed by atoms with E-state index in [0.29, 0.717) is 25.8 Å². The van der Waals surface area contributed by atoms with Crippen LogP contribution < -0.4 is 5.32 Å². The van der Waals surface area contributed by atoms with Gasteiger partial charge in [0.15, 0.2) is 0 Å². The van der Waals surface area contributed by atoms with E-state index in [1.165, 1.54) is 12.5 Å². The number of hydrogen-bond acceptors (Lipinski definition) is 7. The molecule has 0 aromatic heterocycles. The number of allylic oxidation sites excluding steroid dienone is 4. The fourth-order valence-corrected chi connectivity index (χ4v) is 4.13. The molecule has 0 amide bonds. The summed E-state index contributed by atoms with van der Waals surface area (Å²) in [5, 5.41) is 12.2. The van der Waals surface area contributed by atoms with E-state index in [4.69, 9.17) is 19.3 Å². The molecule has 3 atom stereocenters. The maximum atomic E-state index is 12.4. The van der Waals surface area contributed by atoms with Gasteiger partial charge in [-0.05, 0) is 55.2 Å². The van der Waals surface area contributed by atoms with Crippen molar-refractivity contribution in [3.63, 3.8) is 0 Å². The van der Waals surface area contributed by atoms with E-state index in [2.05, 4.69) is 47.8 Å². The minimum Gasteiger partial charge on any atom is -0.481 e. The normalized spacial score (nSPS) is 15.3. The van der Waals surface area contributed by atoms with Gasteiger partial charge in [0, 0.05) is 25.9 Å². The first-order chi connectivity index (χ1) is 17.8. The second-order valence-corrected chi connectivity index (χ2v) is 9.24. The Hall–Kier alpha value is -3.13. The molecule has 1 aromatic carbocycles. The summed E-state index contributed by atoms with van der Waals surface area (Å²) in [5.41, 5.74) is 3.46. The molecule has 1 aromatic rings. The molecule has 204 valence electrons. The first-order valence-corrected chi connectivity index (χ1v) is 13.3. The Labute approximate surface area is 220 Å². The van der Waals surface area contributed by atoms with Crippen molar-refractivity contribution >= 4 is 23.7 Å². The van der Waals surface area contributed by atoms with Crippen LogP contribution in [0.2, 0.25) is 0 Å². The number of nitrogens with one attached hydrogen (secondary N) is 1. The van der Waals surface area contributed by atoms with E-state index in [1.807, 2.05) is 13.8 Å². The fraction of sp³-hybridized carbons (Fsp3) is 0.552. The first-order valence-electron chi connectivity index (χ1n) is 13.3. The average Bonchev–Trinajstić information content (AvgIpc) is 2.87. The molecule has 2 rings (SSSR count). The molecule has 0 heterocycles. The molecular weight excluding hydrogens is 474 g/mol. The summed E-state index contributed by atoms with van der Waals surface area (Å²) in [6.45, 7) is 5.71. The molecular formula is C29H41NO7. The largest absolute Gasteiger partial charge is 0.511 e. The Morgan fingerprint density at radius 3 is 2.38 bits per heavy atom. The highest BCUT2D eigenvalue weighted by atomic mass is 16.8. The summed E-state index contributed by atoms with van der Waals surface area (Å²) in [4.78, 5) is 35.3. The Morgan fingerprint density at radius 2 is 1.76 bits per heavy atom. The number of ether oxygens (including phenoxy) is 3. The Morgan fingerprint density at radius 1 is 1.00 bits per heavy atom. The lowest BCUT2D eigenvalue weighted by Gasteiger charge is -2.20. The van der Waals surface area contributed by atoms with Crippen molar-refractivity contribution in [2.45, 2.75) is 97.0 Å². The van der Waals surface area contributed by atoms with Crippen LogP contribution in [0.3, 0.4) is 0 Å². The SMILES string of the molecule is CCCC(CC)OC(=O)OC(C)OC(=O)CCC(Cc1ccc(C2=CCCC=C2)cc1)NCCC(=O)O. The minimum atomic E-state index is -1.06. The molecule has 0 saturated heterocycles. The summed E-state index contributed by atoms with van der Waals surface area (Å²) < 4.78 is 15.5. The maximum absolute atomic E-state index is 12.4.